The van der Waals surface area contributed by atoms with Crippen molar-refractivity contribution >= 4 is 95.6 Å². The number of aromatic nitrogens is 4. The predicted octanol–water partition coefficient (Wildman–Crippen LogP) is 1.04. The number of hydrogen-bond acceptors (Lipinski definition) is 18. The SMILES string of the molecule is CC(C)(COP(=O)(O)OP(=O)(O)OC[C@H]1O[C@@H](n2c(=S)[nH]c3c(N)[nH]c(=S)nc32)[C@H](O)[C@@H]1OP(=O)(O)O)[C@@H](O)C(=O)NCCC(=O)NCCS.CCCCC=O. The number of carbonyl (C=O) groups is 3. The number of aliphatic hydroxyl groups excluding tert-OH is 2. The van der Waals surface area contributed by atoms with Crippen LogP contribution in [0.1, 0.15) is 52.7 Å². The molecular weight excluding hydrogens is 871 g/mol. The van der Waals surface area contributed by atoms with Crippen molar-refractivity contribution in [3.05, 3.63) is 9.54 Å². The lowest BCUT2D eigenvalue weighted by Gasteiger charge is -2.30. The lowest BCUT2D eigenvalue weighted by Crippen LogP contribution is -2.46. The summed E-state index contributed by atoms with van der Waals surface area (Å²) >= 11 is 14.2. The molecule has 1 aliphatic heterocycles. The number of H-pyrrole nitrogens is 2. The molecule has 3 heterocycles. The number of amides is 2. The fourth-order valence-electron chi connectivity index (χ4n) is 4.62. The van der Waals surface area contributed by atoms with Gasteiger partial charge in [-0.25, -0.2) is 13.7 Å². The van der Waals surface area contributed by atoms with Crippen LogP contribution in [-0.4, -0.2) is 124 Å². The average molecular weight is 918 g/mol. The van der Waals surface area contributed by atoms with E-state index in [1.807, 2.05) is 0 Å². The molecule has 0 aromatic carbocycles. The number of aromatic amines is 2. The highest BCUT2D eigenvalue weighted by Gasteiger charge is 2.50. The smallest absolute Gasteiger partial charge is 0.386 e. The number of phosphoric ester groups is 3. The minimum absolute atomic E-state index is 0.00284. The molecule has 7 atom stereocenters. The van der Waals surface area contributed by atoms with Gasteiger partial charge in [-0.1, -0.05) is 27.2 Å². The largest absolute Gasteiger partial charge is 0.481 e. The van der Waals surface area contributed by atoms with E-state index in [0.29, 0.717) is 12.3 Å². The average Bonchev–Trinajstić information content (AvgIpc) is 3.57. The van der Waals surface area contributed by atoms with Gasteiger partial charge in [-0.3, -0.25) is 27.7 Å². The number of aliphatic hydroxyl groups is 2. The molecule has 24 nitrogen and oxygen atoms in total. The number of fused-ring (bicyclic) bond motifs is 1. The molecule has 2 aromatic rings. The zero-order valence-electron chi connectivity index (χ0n) is 30.1. The molecule has 1 fully saturated rings. The highest BCUT2D eigenvalue weighted by atomic mass is 32.1. The Morgan fingerprint density at radius 3 is 2.34 bits per heavy atom. The molecule has 30 heteroatoms. The minimum atomic E-state index is -5.58. The molecule has 1 aliphatic rings. The van der Waals surface area contributed by atoms with E-state index in [1.165, 1.54) is 13.8 Å². The third-order valence-corrected chi connectivity index (χ3v) is 11.2. The summed E-state index contributed by atoms with van der Waals surface area (Å²) in [4.78, 5) is 82.0. The second kappa shape index (κ2) is 21.8. The Bertz CT molecular complexity index is 1930. The van der Waals surface area contributed by atoms with E-state index >= 15 is 0 Å². The number of nitrogens with zero attached hydrogens (tertiary/aromatic N) is 2. The molecule has 56 heavy (non-hydrogen) atoms. The number of nitrogen functional groups attached to an aromatic ring is 1. The van der Waals surface area contributed by atoms with Crippen molar-refractivity contribution in [2.45, 2.75) is 77.1 Å². The van der Waals surface area contributed by atoms with Crippen LogP contribution in [0.4, 0.5) is 5.82 Å². The first kappa shape index (κ1) is 50.1. The number of carbonyl (C=O) groups excluding carboxylic acids is 3. The van der Waals surface area contributed by atoms with Gasteiger partial charge in [0.2, 0.25) is 11.8 Å². The molecule has 12 N–H and O–H groups in total. The number of unbranched alkanes of at least 4 members (excludes halogenated alkanes) is 2. The Morgan fingerprint density at radius 1 is 1.12 bits per heavy atom. The van der Waals surface area contributed by atoms with E-state index in [0.717, 1.165) is 30.1 Å². The van der Waals surface area contributed by atoms with E-state index < -0.39 is 78.6 Å². The summed E-state index contributed by atoms with van der Waals surface area (Å²) in [5, 5.41) is 26.3. The van der Waals surface area contributed by atoms with Crippen LogP contribution in [0.15, 0.2) is 0 Å². The number of nitrogens with two attached hydrogens (primary N) is 1. The van der Waals surface area contributed by atoms with Crippen molar-refractivity contribution in [2.24, 2.45) is 5.41 Å². The van der Waals surface area contributed by atoms with Gasteiger partial charge in [0, 0.05) is 37.1 Å². The predicted molar refractivity (Wildman–Crippen MR) is 204 cm³/mol. The van der Waals surface area contributed by atoms with Crippen LogP contribution in [0, 0.1) is 15.0 Å². The van der Waals surface area contributed by atoms with Gasteiger partial charge in [-0.2, -0.15) is 21.9 Å². The number of nitrogens with one attached hydrogen (secondary N) is 4. The monoisotopic (exact) mass is 917 g/mol. The number of anilines is 1. The van der Waals surface area contributed by atoms with Gasteiger partial charge in [0.1, 0.15) is 42.0 Å². The van der Waals surface area contributed by atoms with Crippen molar-refractivity contribution in [1.29, 1.82) is 0 Å². The summed E-state index contributed by atoms with van der Waals surface area (Å²) in [6.45, 7) is 2.72. The van der Waals surface area contributed by atoms with Gasteiger partial charge in [0.05, 0.1) is 13.2 Å². The van der Waals surface area contributed by atoms with Crippen LogP contribution in [0.2, 0.25) is 0 Å². The van der Waals surface area contributed by atoms with Crippen LogP contribution in [0.25, 0.3) is 11.2 Å². The molecule has 2 unspecified atom stereocenters. The third-order valence-electron chi connectivity index (χ3n) is 7.40. The maximum Gasteiger partial charge on any atom is 0.481 e. The molecule has 0 spiro atoms. The highest BCUT2D eigenvalue weighted by Crippen LogP contribution is 2.61. The fourth-order valence-corrected chi connectivity index (χ4v) is 8.05. The van der Waals surface area contributed by atoms with Gasteiger partial charge in [-0.15, -0.1) is 0 Å². The van der Waals surface area contributed by atoms with Crippen molar-refractivity contribution in [3.63, 3.8) is 0 Å². The van der Waals surface area contributed by atoms with Gasteiger partial charge in [-0.05, 0) is 30.9 Å². The summed E-state index contributed by atoms with van der Waals surface area (Å²) in [7, 11) is -16.4. The standard InChI is InChI=1S/C21H36N7O16P3S3.C5H10O/c1-21(2,14(31)17(32)24-4-3-10(29)23-5-6-48)8-41-47(38,39)44-46(36,37)40-7-9-13(43-45(33,34)35)12(30)18(42-9)28-16-11(25-20(28)50)15(22)26-19(49)27-16;1-2-3-4-5-6/h9,12-14,18,30-31,48H,3-8H2,1-2H3,(H,23,29)(H,24,32)(H,25,50)(H,36,37)(H,38,39)(H2,33,34,35)(H3,22,26,27,49);5H,2-4H2,1H3/t9-,12-,13-,14+,18-;/m1./s1. The van der Waals surface area contributed by atoms with Gasteiger partial charge in [0.15, 0.2) is 21.4 Å². The number of thiol groups is 1. The zero-order chi connectivity index (χ0) is 42.6. The normalized spacial score (nSPS) is 21.3. The van der Waals surface area contributed by atoms with Gasteiger partial charge in [0.25, 0.3) is 0 Å². The van der Waals surface area contributed by atoms with Crippen molar-refractivity contribution in [3.8, 4) is 0 Å². The summed E-state index contributed by atoms with van der Waals surface area (Å²) in [5.74, 6) is -0.927. The molecule has 3 rings (SSSR count). The third kappa shape index (κ3) is 15.6. The van der Waals surface area contributed by atoms with Crippen LogP contribution in [-0.2, 0) is 50.7 Å². The van der Waals surface area contributed by atoms with Gasteiger partial charge < -0.3 is 65.7 Å². The summed E-state index contributed by atoms with van der Waals surface area (Å²) in [6, 6.07) is 0. The van der Waals surface area contributed by atoms with Crippen LogP contribution >= 0.6 is 60.5 Å². The van der Waals surface area contributed by atoms with E-state index in [4.69, 9.17) is 44.0 Å². The fraction of sp³-hybridized carbons (Fsp3) is 0.692. The Labute approximate surface area is 335 Å². The number of ether oxygens (including phenoxy) is 1. The summed E-state index contributed by atoms with van der Waals surface area (Å²) < 4.78 is 61.7. The number of imidazole rings is 1. The first-order chi connectivity index (χ1) is 25.9. The van der Waals surface area contributed by atoms with Crippen molar-refractivity contribution in [2.75, 3.05) is 37.8 Å². The van der Waals surface area contributed by atoms with E-state index in [9.17, 15) is 57.9 Å². The molecule has 0 saturated carbocycles. The number of rotatable bonds is 21. The Morgan fingerprint density at radius 2 is 1.77 bits per heavy atom. The number of phosphoric acid groups is 3. The number of aldehydes is 1. The molecule has 0 bridgehead atoms. The van der Waals surface area contributed by atoms with Crippen LogP contribution in [0.3, 0.4) is 0 Å². The maximum absolute atomic E-state index is 12.6. The first-order valence-corrected chi connectivity index (χ1v) is 22.4. The van der Waals surface area contributed by atoms with Crippen LogP contribution < -0.4 is 16.4 Å². The maximum atomic E-state index is 12.6. The second-order valence-corrected chi connectivity index (χ2v) is 17.9. The number of hydrogen-bond donors (Lipinski definition) is 12. The quantitative estimate of drug-likeness (QED) is 0.0273. The highest BCUT2D eigenvalue weighted by molar-refractivity contribution is 7.80. The van der Waals surface area contributed by atoms with Gasteiger partial charge >= 0.3 is 23.5 Å². The molecule has 320 valence electrons. The first-order valence-electron chi connectivity index (χ1n) is 16.4. The topological polar surface area (TPSA) is 369 Å². The van der Waals surface area contributed by atoms with Crippen molar-refractivity contribution in [1.82, 2.24) is 30.2 Å². The molecular formula is C26H46N7O17P3S3. The molecule has 1 saturated heterocycles. The van der Waals surface area contributed by atoms with E-state index in [-0.39, 0.29) is 45.4 Å². The lowest BCUT2D eigenvalue weighted by molar-refractivity contribution is -0.137. The Hall–Kier alpha value is -2.00. The Balaban J connectivity index is 0.00000167. The lowest BCUT2D eigenvalue weighted by atomic mass is 9.87. The zero-order valence-corrected chi connectivity index (χ0v) is 35.3. The van der Waals surface area contributed by atoms with Crippen LogP contribution in [0.5, 0.6) is 0 Å². The Kier molecular flexibility index (Phi) is 19.6. The van der Waals surface area contributed by atoms with Crippen molar-refractivity contribution < 1.29 is 80.5 Å². The summed E-state index contributed by atoms with van der Waals surface area (Å²) in [6.07, 6.45) is -5.40. The summed E-state index contributed by atoms with van der Waals surface area (Å²) in [5.41, 5.74) is 4.37. The molecule has 2 amide bonds. The molecule has 0 aliphatic carbocycles. The van der Waals surface area contributed by atoms with E-state index in [1.54, 1.807) is 0 Å². The molecule has 2 aromatic heterocycles. The molecule has 0 radical (unpaired) electrons. The second-order valence-electron chi connectivity index (χ2n) is 12.5. The minimum Gasteiger partial charge on any atom is -0.386 e. The van der Waals surface area contributed by atoms with E-state index in [2.05, 4.69) is 54.0 Å².